The lowest BCUT2D eigenvalue weighted by Gasteiger charge is -2.15. The molecule has 0 saturated heterocycles. The van der Waals surface area contributed by atoms with Crippen molar-refractivity contribution in [2.45, 2.75) is 53.0 Å². The van der Waals surface area contributed by atoms with E-state index in [2.05, 4.69) is 72.7 Å². The molecule has 1 atom stereocenters. The molecule has 0 fully saturated rings. The fourth-order valence-corrected chi connectivity index (χ4v) is 3.20. The van der Waals surface area contributed by atoms with Gasteiger partial charge in [0.25, 0.3) is 0 Å². The summed E-state index contributed by atoms with van der Waals surface area (Å²) in [5.41, 5.74) is -0.0328. The van der Waals surface area contributed by atoms with Crippen LogP contribution in [0.25, 0.3) is 0 Å². The van der Waals surface area contributed by atoms with Gasteiger partial charge >= 0.3 is 0 Å². The van der Waals surface area contributed by atoms with Crippen LogP contribution in [-0.4, -0.2) is 24.0 Å². The van der Waals surface area contributed by atoms with Gasteiger partial charge < -0.3 is 15.1 Å². The number of thiophene rings is 1. The average molecular weight is 363 g/mol. The first-order valence-corrected chi connectivity index (χ1v) is 9.76. The van der Waals surface area contributed by atoms with E-state index in [0.29, 0.717) is 18.4 Å². The normalized spacial score (nSPS) is 13.7. The molecule has 138 valence electrons. The van der Waals surface area contributed by atoms with Crippen molar-refractivity contribution in [3.8, 4) is 0 Å². The Balaban J connectivity index is 1.88. The van der Waals surface area contributed by atoms with Crippen LogP contribution in [0, 0.1) is 5.92 Å². The lowest BCUT2D eigenvalue weighted by molar-refractivity contribution is 0.383. The van der Waals surface area contributed by atoms with Gasteiger partial charge in [-0.25, -0.2) is 9.98 Å². The van der Waals surface area contributed by atoms with Gasteiger partial charge in [-0.05, 0) is 30.7 Å². The second kappa shape index (κ2) is 9.04. The lowest BCUT2D eigenvalue weighted by Crippen LogP contribution is -2.39. The number of nitrogens with one attached hydrogen (secondary N) is 2. The maximum absolute atomic E-state index is 5.80. The van der Waals surface area contributed by atoms with Crippen LogP contribution in [0.2, 0.25) is 0 Å². The summed E-state index contributed by atoms with van der Waals surface area (Å²) in [5.74, 6) is 2.88. The fourth-order valence-electron chi connectivity index (χ4n) is 2.33. The molecule has 2 heterocycles. The quantitative estimate of drug-likeness (QED) is 0.578. The van der Waals surface area contributed by atoms with E-state index in [9.17, 15) is 0 Å². The van der Waals surface area contributed by atoms with Crippen LogP contribution >= 0.6 is 11.3 Å². The summed E-state index contributed by atoms with van der Waals surface area (Å²) in [6, 6.07) is 4.30. The van der Waals surface area contributed by atoms with Crippen LogP contribution in [0.15, 0.2) is 33.1 Å². The molecule has 0 aliphatic carbocycles. The van der Waals surface area contributed by atoms with E-state index < -0.39 is 0 Å². The Morgan fingerprint density at radius 3 is 2.76 bits per heavy atom. The highest BCUT2D eigenvalue weighted by atomic mass is 32.1. The minimum absolute atomic E-state index is 0.0328. The summed E-state index contributed by atoms with van der Waals surface area (Å²) in [6.07, 6.45) is 2.88. The molecule has 0 aliphatic rings. The number of aliphatic imine (C=N–C) groups is 1. The third-order valence-electron chi connectivity index (χ3n) is 3.76. The van der Waals surface area contributed by atoms with Crippen molar-refractivity contribution < 1.29 is 4.42 Å². The smallest absolute Gasteiger partial charge is 0.216 e. The minimum Gasteiger partial charge on any atom is -0.443 e. The summed E-state index contributed by atoms with van der Waals surface area (Å²) in [7, 11) is 0. The van der Waals surface area contributed by atoms with E-state index in [0.717, 1.165) is 31.2 Å². The van der Waals surface area contributed by atoms with Crippen molar-refractivity contribution >= 4 is 17.3 Å². The Labute approximate surface area is 155 Å². The molecule has 25 heavy (non-hydrogen) atoms. The van der Waals surface area contributed by atoms with Gasteiger partial charge in [-0.3, -0.25) is 0 Å². The number of rotatable bonds is 7. The van der Waals surface area contributed by atoms with Gasteiger partial charge in [0, 0.05) is 23.4 Å². The number of hydrogen-bond donors (Lipinski definition) is 2. The number of aromatic nitrogens is 1. The molecule has 2 aromatic rings. The molecular formula is C19H30N4OS. The zero-order valence-electron chi connectivity index (χ0n) is 15.9. The molecule has 2 N–H and O–H groups in total. The predicted octanol–water partition coefficient (Wildman–Crippen LogP) is 3.97. The molecule has 0 aliphatic heterocycles. The van der Waals surface area contributed by atoms with Crippen molar-refractivity contribution in [3.63, 3.8) is 0 Å². The third kappa shape index (κ3) is 6.53. The number of guanidine groups is 1. The largest absolute Gasteiger partial charge is 0.443 e. The molecule has 5 nitrogen and oxygen atoms in total. The Hall–Kier alpha value is -1.82. The van der Waals surface area contributed by atoms with Crippen LogP contribution in [0.1, 0.15) is 51.1 Å². The maximum Gasteiger partial charge on any atom is 0.216 e. The van der Waals surface area contributed by atoms with Gasteiger partial charge in [-0.15, -0.1) is 11.3 Å². The van der Waals surface area contributed by atoms with Crippen molar-refractivity contribution in [2.24, 2.45) is 10.9 Å². The molecule has 6 heteroatoms. The highest BCUT2D eigenvalue weighted by molar-refractivity contribution is 7.09. The topological polar surface area (TPSA) is 62.5 Å². The second-order valence-electron chi connectivity index (χ2n) is 7.33. The Morgan fingerprint density at radius 2 is 2.16 bits per heavy atom. The number of oxazole rings is 1. The summed E-state index contributed by atoms with van der Waals surface area (Å²) in [6.45, 7) is 12.8. The highest BCUT2D eigenvalue weighted by Crippen LogP contribution is 2.22. The summed E-state index contributed by atoms with van der Waals surface area (Å²) in [4.78, 5) is 10.3. The van der Waals surface area contributed by atoms with E-state index in [4.69, 9.17) is 4.42 Å². The van der Waals surface area contributed by atoms with Crippen molar-refractivity contribution in [1.82, 2.24) is 15.6 Å². The van der Waals surface area contributed by atoms with E-state index >= 15 is 0 Å². The lowest BCUT2D eigenvalue weighted by atomic mass is 9.94. The fraction of sp³-hybridized carbons (Fsp3) is 0.579. The minimum atomic E-state index is -0.0328. The van der Waals surface area contributed by atoms with Gasteiger partial charge in [-0.2, -0.15) is 0 Å². The molecule has 2 rings (SSSR count). The predicted molar refractivity (Wildman–Crippen MR) is 105 cm³/mol. The van der Waals surface area contributed by atoms with Crippen LogP contribution in [-0.2, 0) is 18.4 Å². The molecule has 0 aromatic carbocycles. The Kier molecular flexibility index (Phi) is 7.05. The van der Waals surface area contributed by atoms with Gasteiger partial charge in [-0.1, -0.05) is 33.8 Å². The molecule has 2 aromatic heterocycles. The third-order valence-corrected chi connectivity index (χ3v) is 4.66. The Morgan fingerprint density at radius 1 is 1.36 bits per heavy atom. The van der Waals surface area contributed by atoms with Gasteiger partial charge in [0.05, 0.1) is 6.20 Å². The zero-order valence-corrected chi connectivity index (χ0v) is 16.7. The van der Waals surface area contributed by atoms with Gasteiger partial charge in [0.2, 0.25) is 5.89 Å². The summed E-state index contributed by atoms with van der Waals surface area (Å²) in [5, 5.41) is 8.82. The van der Waals surface area contributed by atoms with E-state index in [1.165, 1.54) is 4.88 Å². The average Bonchev–Trinajstić information content (AvgIpc) is 3.21. The number of hydrogen-bond acceptors (Lipinski definition) is 4. The van der Waals surface area contributed by atoms with Crippen molar-refractivity contribution in [1.29, 1.82) is 0 Å². The second-order valence-corrected chi connectivity index (χ2v) is 8.37. The first kappa shape index (κ1) is 19.5. The maximum atomic E-state index is 5.80. The molecule has 0 bridgehead atoms. The molecule has 0 amide bonds. The molecular weight excluding hydrogens is 332 g/mol. The monoisotopic (exact) mass is 362 g/mol. The van der Waals surface area contributed by atoms with E-state index in [1.54, 1.807) is 6.20 Å². The molecule has 1 unspecified atom stereocenters. The van der Waals surface area contributed by atoms with E-state index in [-0.39, 0.29) is 5.41 Å². The molecule has 0 radical (unpaired) electrons. The van der Waals surface area contributed by atoms with Crippen LogP contribution in [0.5, 0.6) is 0 Å². The standard InChI is InChI=1S/C19H30N4OS/c1-6-20-18(22-11-14(2)10-15-8-7-9-25-15)23-13-17-21-12-16(24-17)19(3,4)5/h7-9,12,14H,6,10-11,13H2,1-5H3,(H2,20,22,23). The molecule has 0 spiro atoms. The SMILES string of the molecule is CCNC(=NCc1ncc(C(C)(C)C)o1)NCC(C)Cc1cccs1. The van der Waals surface area contributed by atoms with Gasteiger partial charge in [0.15, 0.2) is 5.96 Å². The summed E-state index contributed by atoms with van der Waals surface area (Å²) >= 11 is 1.81. The first-order chi connectivity index (χ1) is 11.9. The van der Waals surface area contributed by atoms with Gasteiger partial charge in [0.1, 0.15) is 12.3 Å². The van der Waals surface area contributed by atoms with Crippen molar-refractivity contribution in [3.05, 3.63) is 40.2 Å². The van der Waals surface area contributed by atoms with Crippen molar-refractivity contribution in [2.75, 3.05) is 13.1 Å². The number of nitrogens with zero attached hydrogens (tertiary/aromatic N) is 2. The zero-order chi connectivity index (χ0) is 18.3. The first-order valence-electron chi connectivity index (χ1n) is 8.88. The Bertz CT molecular complexity index is 655. The van der Waals surface area contributed by atoms with Crippen LogP contribution < -0.4 is 10.6 Å². The van der Waals surface area contributed by atoms with E-state index in [1.807, 2.05) is 11.3 Å². The van der Waals surface area contributed by atoms with Crippen LogP contribution in [0.3, 0.4) is 0 Å². The molecule has 0 saturated carbocycles. The highest BCUT2D eigenvalue weighted by Gasteiger charge is 2.19. The summed E-state index contributed by atoms with van der Waals surface area (Å²) < 4.78 is 5.80. The van der Waals surface area contributed by atoms with Crippen LogP contribution in [0.4, 0.5) is 0 Å².